The van der Waals surface area contributed by atoms with Crippen molar-refractivity contribution in [1.29, 1.82) is 0 Å². The van der Waals surface area contributed by atoms with Gasteiger partial charge in [0.2, 0.25) is 5.28 Å². The van der Waals surface area contributed by atoms with E-state index < -0.39 is 0 Å². The third-order valence-electron chi connectivity index (χ3n) is 3.71. The highest BCUT2D eigenvalue weighted by Crippen LogP contribution is 2.36. The fourth-order valence-electron chi connectivity index (χ4n) is 2.74. The molecule has 0 unspecified atom stereocenters. The third-order valence-corrected chi connectivity index (χ3v) is 3.88. The van der Waals surface area contributed by atoms with Crippen LogP contribution in [-0.4, -0.2) is 22.1 Å². The molecule has 2 heterocycles. The highest BCUT2D eigenvalue weighted by Gasteiger charge is 2.33. The molecule has 0 N–H and O–H groups in total. The predicted molar refractivity (Wildman–Crippen MR) is 75.2 cm³/mol. The first kappa shape index (κ1) is 11.7. The number of para-hydroxylation sites is 1. The Labute approximate surface area is 112 Å². The van der Waals surface area contributed by atoms with Crippen LogP contribution in [0.4, 0.5) is 5.82 Å². The molecule has 0 saturated carbocycles. The molecule has 1 aliphatic rings. The molecule has 94 valence electrons. The van der Waals surface area contributed by atoms with Crippen molar-refractivity contribution in [3.8, 4) is 0 Å². The summed E-state index contributed by atoms with van der Waals surface area (Å²) >= 11 is 6.05. The summed E-state index contributed by atoms with van der Waals surface area (Å²) in [6, 6.07) is 8.04. The summed E-state index contributed by atoms with van der Waals surface area (Å²) in [6.07, 6.45) is 2.38. The first-order valence-electron chi connectivity index (χ1n) is 6.28. The lowest BCUT2D eigenvalue weighted by Crippen LogP contribution is -2.38. The summed E-state index contributed by atoms with van der Waals surface area (Å²) in [5, 5.41) is 1.41. The van der Waals surface area contributed by atoms with E-state index in [1.54, 1.807) is 0 Å². The minimum Gasteiger partial charge on any atom is -0.351 e. The van der Waals surface area contributed by atoms with Gasteiger partial charge in [-0.25, -0.2) is 4.98 Å². The molecule has 18 heavy (non-hydrogen) atoms. The zero-order valence-corrected chi connectivity index (χ0v) is 11.4. The number of hydrogen-bond donors (Lipinski definition) is 0. The number of benzene rings is 1. The molecule has 0 amide bonds. The maximum Gasteiger partial charge on any atom is 0.224 e. The number of rotatable bonds is 1. The summed E-state index contributed by atoms with van der Waals surface area (Å²) in [5.41, 5.74) is 1.05. The van der Waals surface area contributed by atoms with Gasteiger partial charge in [-0.2, -0.15) is 4.98 Å². The molecule has 0 radical (unpaired) electrons. The summed E-state index contributed by atoms with van der Waals surface area (Å²) < 4.78 is 0. The summed E-state index contributed by atoms with van der Waals surface area (Å²) in [5.74, 6) is 0.966. The Balaban J connectivity index is 2.22. The van der Waals surface area contributed by atoms with Crippen molar-refractivity contribution < 1.29 is 0 Å². The maximum atomic E-state index is 6.05. The molecule has 1 saturated heterocycles. The lowest BCUT2D eigenvalue weighted by Gasteiger charge is -2.33. The van der Waals surface area contributed by atoms with Gasteiger partial charge in [-0.05, 0) is 50.4 Å². The molecule has 4 heteroatoms. The number of aromatic nitrogens is 2. The highest BCUT2D eigenvalue weighted by atomic mass is 35.5. The lowest BCUT2D eigenvalue weighted by atomic mass is 10.0. The van der Waals surface area contributed by atoms with E-state index in [1.807, 2.05) is 18.2 Å². The van der Waals surface area contributed by atoms with Crippen LogP contribution in [0.2, 0.25) is 5.28 Å². The quantitative estimate of drug-likeness (QED) is 0.734. The van der Waals surface area contributed by atoms with E-state index in [0.29, 0.717) is 5.28 Å². The molecule has 1 fully saturated rings. The van der Waals surface area contributed by atoms with Crippen LogP contribution in [0.25, 0.3) is 10.9 Å². The molecule has 0 atom stereocenters. The summed E-state index contributed by atoms with van der Waals surface area (Å²) in [4.78, 5) is 11.1. The van der Waals surface area contributed by atoms with E-state index >= 15 is 0 Å². The summed E-state index contributed by atoms with van der Waals surface area (Å²) in [7, 11) is 0. The maximum absolute atomic E-state index is 6.05. The monoisotopic (exact) mass is 261 g/mol. The van der Waals surface area contributed by atoms with Gasteiger partial charge in [0, 0.05) is 17.5 Å². The van der Waals surface area contributed by atoms with Gasteiger partial charge in [-0.15, -0.1) is 0 Å². The van der Waals surface area contributed by atoms with Crippen LogP contribution in [-0.2, 0) is 0 Å². The zero-order chi connectivity index (χ0) is 12.8. The minimum absolute atomic E-state index is 0.139. The molecule has 1 aromatic carbocycles. The van der Waals surface area contributed by atoms with E-state index in [2.05, 4.69) is 34.8 Å². The fourth-order valence-corrected chi connectivity index (χ4v) is 2.91. The molecule has 0 aliphatic carbocycles. The van der Waals surface area contributed by atoms with Crippen LogP contribution in [0.5, 0.6) is 0 Å². The number of halogens is 1. The molecular weight excluding hydrogens is 246 g/mol. The Hall–Kier alpha value is -1.35. The van der Waals surface area contributed by atoms with E-state index in [1.165, 1.54) is 12.8 Å². The lowest BCUT2D eigenvalue weighted by molar-refractivity contribution is 0.515. The van der Waals surface area contributed by atoms with E-state index in [4.69, 9.17) is 11.6 Å². The fraction of sp³-hybridized carbons (Fsp3) is 0.429. The zero-order valence-electron chi connectivity index (χ0n) is 10.7. The van der Waals surface area contributed by atoms with E-state index in [9.17, 15) is 0 Å². The number of fused-ring (bicyclic) bond motifs is 1. The van der Waals surface area contributed by atoms with Gasteiger partial charge in [0.1, 0.15) is 5.82 Å². The van der Waals surface area contributed by atoms with Crippen molar-refractivity contribution >= 4 is 28.3 Å². The predicted octanol–water partition coefficient (Wildman–Crippen LogP) is 3.66. The highest BCUT2D eigenvalue weighted by molar-refractivity contribution is 6.28. The molecule has 0 bridgehead atoms. The number of hydrogen-bond acceptors (Lipinski definition) is 3. The van der Waals surface area contributed by atoms with Crippen molar-refractivity contribution in [2.75, 3.05) is 11.4 Å². The SMILES string of the molecule is CC1(C)CCCN1c1nc(Cl)nc2ccccc12. The Morgan fingerprint density at radius 2 is 2.00 bits per heavy atom. The summed E-state index contributed by atoms with van der Waals surface area (Å²) in [6.45, 7) is 5.54. The van der Waals surface area contributed by atoms with Gasteiger partial charge in [-0.3, -0.25) is 0 Å². The van der Waals surface area contributed by atoms with Crippen molar-refractivity contribution in [3.63, 3.8) is 0 Å². The normalized spacial score (nSPS) is 18.5. The topological polar surface area (TPSA) is 29.0 Å². The van der Waals surface area contributed by atoms with Gasteiger partial charge in [0.15, 0.2) is 0 Å². The Bertz CT molecular complexity index is 595. The molecule has 0 spiro atoms. The van der Waals surface area contributed by atoms with Gasteiger partial charge in [0.05, 0.1) is 5.52 Å². The van der Waals surface area contributed by atoms with E-state index in [0.717, 1.165) is 23.3 Å². The minimum atomic E-state index is 0.139. The van der Waals surface area contributed by atoms with Crippen molar-refractivity contribution in [2.45, 2.75) is 32.2 Å². The second-order valence-corrected chi connectivity index (χ2v) is 5.74. The number of nitrogens with zero attached hydrogens (tertiary/aromatic N) is 3. The molecular formula is C14H16ClN3. The second kappa shape index (κ2) is 4.09. The molecule has 1 aromatic heterocycles. The van der Waals surface area contributed by atoms with Gasteiger partial charge >= 0.3 is 0 Å². The van der Waals surface area contributed by atoms with Crippen molar-refractivity contribution in [3.05, 3.63) is 29.5 Å². The first-order chi connectivity index (χ1) is 8.58. The van der Waals surface area contributed by atoms with Gasteiger partial charge in [-0.1, -0.05) is 12.1 Å². The van der Waals surface area contributed by atoms with Crippen LogP contribution < -0.4 is 4.90 Å². The Morgan fingerprint density at radius 1 is 1.22 bits per heavy atom. The Kier molecular flexibility index (Phi) is 2.67. The van der Waals surface area contributed by atoms with E-state index in [-0.39, 0.29) is 5.54 Å². The smallest absolute Gasteiger partial charge is 0.224 e. The first-order valence-corrected chi connectivity index (χ1v) is 6.66. The van der Waals surface area contributed by atoms with Crippen LogP contribution in [0.15, 0.2) is 24.3 Å². The van der Waals surface area contributed by atoms with Gasteiger partial charge < -0.3 is 4.90 Å². The van der Waals surface area contributed by atoms with Crippen LogP contribution in [0.3, 0.4) is 0 Å². The van der Waals surface area contributed by atoms with Gasteiger partial charge in [0.25, 0.3) is 0 Å². The Morgan fingerprint density at radius 3 is 2.72 bits per heavy atom. The molecule has 1 aliphatic heterocycles. The molecule has 3 rings (SSSR count). The van der Waals surface area contributed by atoms with Crippen molar-refractivity contribution in [2.24, 2.45) is 0 Å². The van der Waals surface area contributed by atoms with Crippen LogP contribution >= 0.6 is 11.6 Å². The number of anilines is 1. The average Bonchev–Trinajstić information content (AvgIpc) is 2.67. The average molecular weight is 262 g/mol. The van der Waals surface area contributed by atoms with Crippen LogP contribution in [0, 0.1) is 0 Å². The molecule has 3 nitrogen and oxygen atoms in total. The molecule has 2 aromatic rings. The van der Waals surface area contributed by atoms with Crippen molar-refractivity contribution in [1.82, 2.24) is 9.97 Å². The largest absolute Gasteiger partial charge is 0.351 e. The van der Waals surface area contributed by atoms with Crippen LogP contribution in [0.1, 0.15) is 26.7 Å². The second-order valence-electron chi connectivity index (χ2n) is 5.40. The third kappa shape index (κ3) is 1.83. The standard InChI is InChI=1S/C14H16ClN3/c1-14(2)8-5-9-18(14)12-10-6-3-4-7-11(10)16-13(15)17-12/h3-4,6-7H,5,8-9H2,1-2H3.